The molecular formula is C12H13NO2S. The standard InChI is InChI=1S/C12H13NO2S/c1-7(11(13)12(14)15)9-6-16-10-5-3-2-4-8(9)10/h2-7,11H,13H2,1H3,(H,14,15)/t7-,11-/m1/s1. The molecule has 1 aromatic carbocycles. The smallest absolute Gasteiger partial charge is 0.321 e. The summed E-state index contributed by atoms with van der Waals surface area (Å²) in [6, 6.07) is 7.12. The van der Waals surface area contributed by atoms with E-state index in [1.807, 2.05) is 36.6 Å². The van der Waals surface area contributed by atoms with Crippen molar-refractivity contribution in [1.29, 1.82) is 0 Å². The van der Waals surface area contributed by atoms with Crippen LogP contribution in [0, 0.1) is 0 Å². The second kappa shape index (κ2) is 4.23. The van der Waals surface area contributed by atoms with E-state index in [9.17, 15) is 4.79 Å². The molecule has 1 heterocycles. The van der Waals surface area contributed by atoms with E-state index in [4.69, 9.17) is 10.8 Å². The van der Waals surface area contributed by atoms with Gasteiger partial charge in [0.2, 0.25) is 0 Å². The largest absolute Gasteiger partial charge is 0.480 e. The van der Waals surface area contributed by atoms with E-state index in [0.717, 1.165) is 10.9 Å². The van der Waals surface area contributed by atoms with Crippen LogP contribution in [0.2, 0.25) is 0 Å². The normalized spacial score (nSPS) is 14.9. The van der Waals surface area contributed by atoms with Crippen molar-refractivity contribution >= 4 is 27.4 Å². The molecule has 3 N–H and O–H groups in total. The van der Waals surface area contributed by atoms with Crippen LogP contribution in [0.15, 0.2) is 29.6 Å². The minimum atomic E-state index is -0.956. The number of carbonyl (C=O) groups is 1. The van der Waals surface area contributed by atoms with Gasteiger partial charge in [-0.25, -0.2) is 0 Å². The van der Waals surface area contributed by atoms with Crippen LogP contribution in [-0.4, -0.2) is 17.1 Å². The fourth-order valence-electron chi connectivity index (χ4n) is 1.76. The zero-order valence-electron chi connectivity index (χ0n) is 8.88. The zero-order chi connectivity index (χ0) is 11.7. The van der Waals surface area contributed by atoms with Crippen LogP contribution in [0.3, 0.4) is 0 Å². The Balaban J connectivity index is 2.44. The summed E-state index contributed by atoms with van der Waals surface area (Å²) in [5.41, 5.74) is 6.67. The summed E-state index contributed by atoms with van der Waals surface area (Å²) in [7, 11) is 0. The first-order chi connectivity index (χ1) is 7.61. The van der Waals surface area contributed by atoms with Crippen molar-refractivity contribution in [3.05, 3.63) is 35.2 Å². The van der Waals surface area contributed by atoms with E-state index in [2.05, 4.69) is 0 Å². The van der Waals surface area contributed by atoms with Gasteiger partial charge in [0.05, 0.1) is 0 Å². The van der Waals surface area contributed by atoms with Crippen molar-refractivity contribution in [1.82, 2.24) is 0 Å². The van der Waals surface area contributed by atoms with Gasteiger partial charge in [0.1, 0.15) is 6.04 Å². The van der Waals surface area contributed by atoms with E-state index in [0.29, 0.717) is 0 Å². The van der Waals surface area contributed by atoms with Crippen LogP contribution >= 0.6 is 11.3 Å². The Morgan fingerprint density at radius 3 is 2.81 bits per heavy atom. The number of nitrogens with two attached hydrogens (primary N) is 1. The maximum absolute atomic E-state index is 10.9. The first-order valence-corrected chi connectivity index (χ1v) is 5.93. The molecule has 3 nitrogen and oxygen atoms in total. The summed E-state index contributed by atoms with van der Waals surface area (Å²) < 4.78 is 1.17. The molecular weight excluding hydrogens is 222 g/mol. The maximum atomic E-state index is 10.9. The van der Waals surface area contributed by atoms with Gasteiger partial charge in [0, 0.05) is 10.6 Å². The molecule has 0 saturated heterocycles. The van der Waals surface area contributed by atoms with Crippen molar-refractivity contribution < 1.29 is 9.90 Å². The number of thiophene rings is 1. The molecule has 0 bridgehead atoms. The highest BCUT2D eigenvalue weighted by Crippen LogP contribution is 2.32. The molecule has 16 heavy (non-hydrogen) atoms. The lowest BCUT2D eigenvalue weighted by molar-refractivity contribution is -0.138. The Bertz CT molecular complexity index is 520. The molecule has 0 aliphatic heterocycles. The third kappa shape index (κ3) is 1.81. The second-order valence-electron chi connectivity index (χ2n) is 3.84. The molecule has 0 radical (unpaired) electrons. The third-order valence-electron chi connectivity index (χ3n) is 2.83. The Morgan fingerprint density at radius 2 is 2.12 bits per heavy atom. The van der Waals surface area contributed by atoms with Gasteiger partial charge in [-0.2, -0.15) is 0 Å². The summed E-state index contributed by atoms with van der Waals surface area (Å²) in [6.07, 6.45) is 0. The third-order valence-corrected chi connectivity index (χ3v) is 3.81. The molecule has 1 aromatic heterocycles. The van der Waals surface area contributed by atoms with Crippen molar-refractivity contribution in [2.75, 3.05) is 0 Å². The van der Waals surface area contributed by atoms with Crippen molar-refractivity contribution in [3.63, 3.8) is 0 Å². The Kier molecular flexibility index (Phi) is 2.94. The molecule has 0 unspecified atom stereocenters. The Hall–Kier alpha value is -1.39. The minimum Gasteiger partial charge on any atom is -0.480 e. The number of hydrogen-bond donors (Lipinski definition) is 2. The van der Waals surface area contributed by atoms with E-state index in [-0.39, 0.29) is 5.92 Å². The fraction of sp³-hybridized carbons (Fsp3) is 0.250. The molecule has 2 rings (SSSR count). The molecule has 4 heteroatoms. The van der Waals surface area contributed by atoms with Crippen LogP contribution < -0.4 is 5.73 Å². The molecule has 0 aliphatic rings. The quantitative estimate of drug-likeness (QED) is 0.858. The lowest BCUT2D eigenvalue weighted by atomic mass is 9.94. The first kappa shape index (κ1) is 11.1. The molecule has 0 saturated carbocycles. The highest BCUT2D eigenvalue weighted by Gasteiger charge is 2.23. The summed E-state index contributed by atoms with van der Waals surface area (Å²) in [4.78, 5) is 10.9. The number of benzene rings is 1. The minimum absolute atomic E-state index is 0.173. The van der Waals surface area contributed by atoms with Crippen LogP contribution in [0.5, 0.6) is 0 Å². The van der Waals surface area contributed by atoms with Crippen LogP contribution in [-0.2, 0) is 4.79 Å². The topological polar surface area (TPSA) is 63.3 Å². The van der Waals surface area contributed by atoms with E-state index < -0.39 is 12.0 Å². The predicted octanol–water partition coefficient (Wildman–Crippen LogP) is 2.42. The van der Waals surface area contributed by atoms with Gasteiger partial charge in [-0.05, 0) is 22.4 Å². The van der Waals surface area contributed by atoms with Crippen molar-refractivity contribution in [2.45, 2.75) is 18.9 Å². The van der Waals surface area contributed by atoms with Crippen LogP contribution in [0.4, 0.5) is 0 Å². The van der Waals surface area contributed by atoms with Gasteiger partial charge in [0.25, 0.3) is 0 Å². The Morgan fingerprint density at radius 1 is 1.44 bits per heavy atom. The Labute approximate surface area is 97.5 Å². The van der Waals surface area contributed by atoms with Gasteiger partial charge < -0.3 is 10.8 Å². The highest BCUT2D eigenvalue weighted by molar-refractivity contribution is 7.17. The van der Waals surface area contributed by atoms with Gasteiger partial charge in [-0.15, -0.1) is 11.3 Å². The van der Waals surface area contributed by atoms with Crippen molar-refractivity contribution in [2.24, 2.45) is 5.73 Å². The summed E-state index contributed by atoms with van der Waals surface area (Å²) in [5.74, 6) is -1.13. The van der Waals surface area contributed by atoms with Gasteiger partial charge in [0.15, 0.2) is 0 Å². The molecule has 2 atom stereocenters. The first-order valence-electron chi connectivity index (χ1n) is 5.05. The van der Waals surface area contributed by atoms with E-state index in [1.54, 1.807) is 11.3 Å². The number of fused-ring (bicyclic) bond motifs is 1. The summed E-state index contributed by atoms with van der Waals surface area (Å²) in [6.45, 7) is 1.85. The summed E-state index contributed by atoms with van der Waals surface area (Å²) in [5, 5.41) is 12.0. The molecule has 0 amide bonds. The number of rotatable bonds is 3. The van der Waals surface area contributed by atoms with E-state index in [1.165, 1.54) is 4.70 Å². The lowest BCUT2D eigenvalue weighted by Gasteiger charge is -2.15. The number of hydrogen-bond acceptors (Lipinski definition) is 3. The zero-order valence-corrected chi connectivity index (χ0v) is 9.70. The monoisotopic (exact) mass is 235 g/mol. The number of aliphatic carboxylic acids is 1. The maximum Gasteiger partial charge on any atom is 0.321 e. The molecule has 0 spiro atoms. The average Bonchev–Trinajstić information content (AvgIpc) is 2.70. The van der Waals surface area contributed by atoms with Crippen molar-refractivity contribution in [3.8, 4) is 0 Å². The SMILES string of the molecule is C[C@H](c1csc2ccccc12)[C@@H](N)C(=O)O. The highest BCUT2D eigenvalue weighted by atomic mass is 32.1. The average molecular weight is 235 g/mol. The fourth-order valence-corrected chi connectivity index (χ4v) is 2.82. The number of carboxylic acid groups (broad SMARTS) is 1. The number of carboxylic acids is 1. The van der Waals surface area contributed by atoms with Gasteiger partial charge >= 0.3 is 5.97 Å². The predicted molar refractivity (Wildman–Crippen MR) is 65.9 cm³/mol. The second-order valence-corrected chi connectivity index (χ2v) is 4.75. The molecule has 2 aromatic rings. The lowest BCUT2D eigenvalue weighted by Crippen LogP contribution is -2.35. The van der Waals surface area contributed by atoms with Gasteiger partial charge in [-0.3, -0.25) is 4.79 Å². The summed E-state index contributed by atoms with van der Waals surface area (Å²) >= 11 is 1.62. The van der Waals surface area contributed by atoms with E-state index >= 15 is 0 Å². The van der Waals surface area contributed by atoms with Crippen LogP contribution in [0.25, 0.3) is 10.1 Å². The van der Waals surface area contributed by atoms with Gasteiger partial charge in [-0.1, -0.05) is 25.1 Å². The molecule has 0 fully saturated rings. The van der Waals surface area contributed by atoms with Crippen LogP contribution in [0.1, 0.15) is 18.4 Å². The molecule has 0 aliphatic carbocycles. The molecule has 84 valence electrons.